The maximum absolute atomic E-state index is 15.0. The number of likely N-dealkylation sites (tertiary alicyclic amines) is 1. The Hall–Kier alpha value is -3.80. The van der Waals surface area contributed by atoms with Crippen molar-refractivity contribution < 1.29 is 33.8 Å². The quantitative estimate of drug-likeness (QED) is 0.0999. The van der Waals surface area contributed by atoms with Gasteiger partial charge < -0.3 is 29.7 Å². The lowest BCUT2D eigenvalue weighted by molar-refractivity contribution is -0.160. The largest absolute Gasteiger partial charge is 0.455 e. The van der Waals surface area contributed by atoms with Crippen LogP contribution in [0.5, 0.6) is 0 Å². The molecule has 5 rings (SSSR count). The molecule has 3 aliphatic heterocycles. The maximum atomic E-state index is 15.0. The number of halogens is 1. The molecule has 10 nitrogen and oxygen atoms in total. The van der Waals surface area contributed by atoms with Crippen molar-refractivity contribution in [3.63, 3.8) is 0 Å². The van der Waals surface area contributed by atoms with Crippen LogP contribution >= 0.6 is 15.9 Å². The van der Waals surface area contributed by atoms with Crippen LogP contribution in [0.3, 0.4) is 0 Å². The van der Waals surface area contributed by atoms with Gasteiger partial charge in [-0.05, 0) is 62.6 Å². The van der Waals surface area contributed by atoms with Gasteiger partial charge in [-0.1, -0.05) is 76.6 Å². The lowest BCUT2D eigenvalue weighted by Gasteiger charge is -2.38. The fraction of sp³-hybridized carbons (Fsp3) is 0.487. The first-order valence-electron chi connectivity index (χ1n) is 17.4. The smallest absolute Gasteiger partial charge is 0.313 e. The van der Waals surface area contributed by atoms with E-state index in [-0.39, 0.29) is 55.2 Å². The molecule has 0 aromatic heterocycles. The molecule has 0 saturated carbocycles. The number of esters is 1. The highest BCUT2D eigenvalue weighted by atomic mass is 79.9. The lowest BCUT2D eigenvalue weighted by Crippen LogP contribution is -2.57. The molecule has 3 aliphatic rings. The van der Waals surface area contributed by atoms with Crippen LogP contribution in [-0.2, 0) is 28.7 Å². The number of rotatable bonds is 17. The van der Waals surface area contributed by atoms with Gasteiger partial charge in [-0.15, -0.1) is 13.2 Å². The van der Waals surface area contributed by atoms with E-state index in [1.807, 2.05) is 62.4 Å². The number of aliphatic hydroxyl groups excluding tert-OH is 1. The maximum Gasteiger partial charge on any atom is 0.313 e. The zero-order valence-electron chi connectivity index (χ0n) is 28.9. The zero-order valence-corrected chi connectivity index (χ0v) is 30.5. The number of hydrogen-bond donors (Lipinski definition) is 2. The van der Waals surface area contributed by atoms with E-state index in [9.17, 15) is 24.3 Å². The predicted octanol–water partition coefficient (Wildman–Crippen LogP) is 5.10. The summed E-state index contributed by atoms with van der Waals surface area (Å²) in [6.07, 6.45) is 4.77. The second-order valence-electron chi connectivity index (χ2n) is 13.4. The third-order valence-corrected chi connectivity index (χ3v) is 11.0. The number of fused-ring (bicyclic) bond motifs is 1. The summed E-state index contributed by atoms with van der Waals surface area (Å²) in [5, 5.41) is 12.3. The summed E-state index contributed by atoms with van der Waals surface area (Å²) in [5.74, 6) is -3.33. The Morgan fingerprint density at radius 1 is 1.10 bits per heavy atom. The van der Waals surface area contributed by atoms with Gasteiger partial charge in [0.15, 0.2) is 0 Å². The van der Waals surface area contributed by atoms with E-state index in [1.54, 1.807) is 22.0 Å². The summed E-state index contributed by atoms with van der Waals surface area (Å²) in [4.78, 5) is 59.4. The van der Waals surface area contributed by atoms with Crippen LogP contribution in [0.2, 0.25) is 0 Å². The fourth-order valence-electron chi connectivity index (χ4n) is 7.93. The standard InChI is InChI=1S/C39H48BrN3O7/c1-5-7-19-30(45)41-24-29(27-17-10-8-11-18-27)49-38(48)31-32-36(46)43(21-12-9-13-22-44)35(39(32)23-28(40)34(31)50-39)37(47)42(20-6-2)33-25(3)15-14-16-26(33)4/h5-6,8,10-11,14-18,28-29,31-32,34-35,44H,1-2,7,9,12-13,19-24H2,3-4H3,(H,41,45)/t28?,29-,31+,32-,34+,35+,39-/m1/s1. The zero-order chi connectivity index (χ0) is 36.0. The van der Waals surface area contributed by atoms with Gasteiger partial charge in [-0.2, -0.15) is 0 Å². The van der Waals surface area contributed by atoms with Crippen molar-refractivity contribution >= 4 is 45.3 Å². The number of allylic oxidation sites excluding steroid dienone is 1. The summed E-state index contributed by atoms with van der Waals surface area (Å²) < 4.78 is 12.9. The summed E-state index contributed by atoms with van der Waals surface area (Å²) in [6, 6.07) is 14.0. The first-order valence-corrected chi connectivity index (χ1v) is 18.4. The molecule has 1 spiro atoms. The van der Waals surface area contributed by atoms with E-state index >= 15 is 0 Å². The Balaban J connectivity index is 1.50. The van der Waals surface area contributed by atoms with Crippen LogP contribution in [0, 0.1) is 25.7 Å². The van der Waals surface area contributed by atoms with Gasteiger partial charge in [0.25, 0.3) is 5.91 Å². The molecule has 3 heterocycles. The van der Waals surface area contributed by atoms with Gasteiger partial charge in [0.05, 0.1) is 24.5 Å². The van der Waals surface area contributed by atoms with Crippen LogP contribution in [0.4, 0.5) is 5.69 Å². The molecule has 2 N–H and O–H groups in total. The van der Waals surface area contributed by atoms with Gasteiger partial charge >= 0.3 is 5.97 Å². The molecule has 3 amide bonds. The van der Waals surface area contributed by atoms with E-state index in [0.29, 0.717) is 37.7 Å². The Morgan fingerprint density at radius 3 is 2.48 bits per heavy atom. The van der Waals surface area contributed by atoms with Crippen molar-refractivity contribution in [2.45, 2.75) is 81.1 Å². The van der Waals surface area contributed by atoms with Crippen molar-refractivity contribution in [2.75, 3.05) is 31.1 Å². The molecule has 2 aromatic rings. The topological polar surface area (TPSA) is 125 Å². The number of carbonyl (C=O) groups excluding carboxylic acids is 4. The van der Waals surface area contributed by atoms with Gasteiger partial charge in [-0.25, -0.2) is 0 Å². The molecule has 3 saturated heterocycles. The number of aryl methyl sites for hydroxylation is 2. The van der Waals surface area contributed by atoms with Crippen LogP contribution in [-0.4, -0.2) is 82.5 Å². The number of ether oxygens (including phenoxy) is 2. The minimum absolute atomic E-state index is 0.0316. The number of carbonyl (C=O) groups is 4. The Morgan fingerprint density at radius 2 is 1.82 bits per heavy atom. The van der Waals surface area contributed by atoms with Crippen molar-refractivity contribution in [1.82, 2.24) is 10.2 Å². The number of anilines is 1. The molecule has 268 valence electrons. The van der Waals surface area contributed by atoms with Crippen LogP contribution < -0.4 is 10.2 Å². The third-order valence-electron chi connectivity index (χ3n) is 10.1. The summed E-state index contributed by atoms with van der Waals surface area (Å²) >= 11 is 3.75. The average Bonchev–Trinajstić information content (AvgIpc) is 3.70. The number of aliphatic hydroxyl groups is 1. The molecule has 1 unspecified atom stereocenters. The highest BCUT2D eigenvalue weighted by Crippen LogP contribution is 2.60. The normalized spacial score (nSPS) is 25.6. The lowest BCUT2D eigenvalue weighted by atomic mass is 9.70. The SMILES string of the molecule is C=CCCC(=O)NC[C@@H](OC(=O)[C@@H]1[C@H]2O[C@@]3(CC2Br)[C@H](C(=O)N(CC=C)c2c(C)cccc2C)N(CCCCCO)C(=O)[C@@H]13)c1ccccc1. The number of amides is 3. The number of para-hydroxylation sites is 1. The summed E-state index contributed by atoms with van der Waals surface area (Å²) in [7, 11) is 0. The number of alkyl halides is 1. The Labute approximate surface area is 303 Å². The first-order chi connectivity index (χ1) is 24.1. The minimum Gasteiger partial charge on any atom is -0.455 e. The van der Waals surface area contributed by atoms with Gasteiger partial charge in [0.2, 0.25) is 11.8 Å². The van der Waals surface area contributed by atoms with Crippen molar-refractivity contribution in [3.05, 3.63) is 90.5 Å². The number of nitrogens with one attached hydrogen (secondary N) is 1. The van der Waals surface area contributed by atoms with E-state index in [4.69, 9.17) is 9.47 Å². The molecule has 50 heavy (non-hydrogen) atoms. The van der Waals surface area contributed by atoms with Crippen molar-refractivity contribution in [1.29, 1.82) is 0 Å². The van der Waals surface area contributed by atoms with E-state index in [2.05, 4.69) is 34.4 Å². The highest BCUT2D eigenvalue weighted by molar-refractivity contribution is 9.09. The molecule has 2 bridgehead atoms. The van der Waals surface area contributed by atoms with Crippen LogP contribution in [0.25, 0.3) is 0 Å². The molecule has 2 aromatic carbocycles. The number of unbranched alkanes of at least 4 members (excludes halogenated alkanes) is 2. The molecule has 0 aliphatic carbocycles. The van der Waals surface area contributed by atoms with Crippen molar-refractivity contribution in [2.24, 2.45) is 11.8 Å². The Bertz CT molecular complexity index is 1560. The van der Waals surface area contributed by atoms with E-state index in [0.717, 1.165) is 16.8 Å². The van der Waals surface area contributed by atoms with Crippen LogP contribution in [0.15, 0.2) is 73.8 Å². The first kappa shape index (κ1) is 37.5. The minimum atomic E-state index is -1.27. The fourth-order valence-corrected chi connectivity index (χ4v) is 8.87. The average molecular weight is 751 g/mol. The molecule has 7 atom stereocenters. The second-order valence-corrected chi connectivity index (χ2v) is 14.6. The van der Waals surface area contributed by atoms with Gasteiger partial charge in [0, 0.05) is 36.6 Å². The number of hydrogen-bond acceptors (Lipinski definition) is 7. The van der Waals surface area contributed by atoms with E-state index in [1.165, 1.54) is 0 Å². The highest BCUT2D eigenvalue weighted by Gasteiger charge is 2.77. The van der Waals surface area contributed by atoms with Crippen LogP contribution in [0.1, 0.15) is 61.3 Å². The van der Waals surface area contributed by atoms with Gasteiger partial charge in [0.1, 0.15) is 17.7 Å². The molecule has 3 fully saturated rings. The second kappa shape index (κ2) is 16.5. The molecular weight excluding hydrogens is 702 g/mol. The monoisotopic (exact) mass is 749 g/mol. The third kappa shape index (κ3) is 7.31. The molecular formula is C39H48BrN3O7. The molecule has 11 heteroatoms. The van der Waals surface area contributed by atoms with Crippen molar-refractivity contribution in [3.8, 4) is 0 Å². The number of nitrogens with zero attached hydrogens (tertiary/aromatic N) is 2. The number of benzene rings is 2. The summed E-state index contributed by atoms with van der Waals surface area (Å²) in [6.45, 7) is 12.1. The predicted molar refractivity (Wildman–Crippen MR) is 195 cm³/mol. The Kier molecular flexibility index (Phi) is 12.3. The van der Waals surface area contributed by atoms with E-state index < -0.39 is 41.7 Å². The summed E-state index contributed by atoms with van der Waals surface area (Å²) in [5.41, 5.74) is 2.00. The molecule has 0 radical (unpaired) electrons. The van der Waals surface area contributed by atoms with Gasteiger partial charge in [-0.3, -0.25) is 19.2 Å².